The Morgan fingerprint density at radius 1 is 1.17 bits per heavy atom. The fourth-order valence-electron chi connectivity index (χ4n) is 3.86. The first-order valence-corrected chi connectivity index (χ1v) is 8.19. The van der Waals surface area contributed by atoms with Crippen molar-refractivity contribution in [3.05, 3.63) is 0 Å². The average Bonchev–Trinajstić information content (AvgIpc) is 2.98. The summed E-state index contributed by atoms with van der Waals surface area (Å²) in [6.45, 7) is 5.59. The van der Waals surface area contributed by atoms with Crippen LogP contribution in [0.25, 0.3) is 0 Å². The van der Waals surface area contributed by atoms with Crippen molar-refractivity contribution in [2.75, 3.05) is 6.54 Å². The molecular formula is C16H31NO. The molecule has 0 radical (unpaired) electrons. The number of ether oxygens (including phenoxy) is 1. The average molecular weight is 253 g/mol. The summed E-state index contributed by atoms with van der Waals surface area (Å²) in [5, 5.41) is 3.61. The molecule has 2 heteroatoms. The van der Waals surface area contributed by atoms with Crippen molar-refractivity contribution in [3.63, 3.8) is 0 Å². The Kier molecular flexibility index (Phi) is 5.50. The first kappa shape index (κ1) is 14.3. The lowest BCUT2D eigenvalue weighted by Crippen LogP contribution is -2.30. The van der Waals surface area contributed by atoms with Gasteiger partial charge in [-0.15, -0.1) is 0 Å². The SMILES string of the molecule is CCCC(CCC1CCC2(CCCC2)O1)NCC. The van der Waals surface area contributed by atoms with Crippen LogP contribution >= 0.6 is 0 Å². The van der Waals surface area contributed by atoms with E-state index in [0.717, 1.165) is 6.54 Å². The fraction of sp³-hybridized carbons (Fsp3) is 1.00. The molecule has 2 unspecified atom stereocenters. The lowest BCUT2D eigenvalue weighted by atomic mass is 9.97. The molecule has 1 saturated heterocycles. The molecule has 2 rings (SSSR count). The lowest BCUT2D eigenvalue weighted by molar-refractivity contribution is -0.0401. The van der Waals surface area contributed by atoms with Crippen molar-refractivity contribution in [2.24, 2.45) is 0 Å². The van der Waals surface area contributed by atoms with E-state index in [1.807, 2.05) is 0 Å². The summed E-state index contributed by atoms with van der Waals surface area (Å²) < 4.78 is 6.39. The normalized spacial score (nSPS) is 28.0. The standard InChI is InChI=1S/C16H31NO/c1-3-7-14(17-4-2)8-9-15-10-13-16(18-15)11-5-6-12-16/h14-15,17H,3-13H2,1-2H3. The maximum absolute atomic E-state index is 6.39. The van der Waals surface area contributed by atoms with Gasteiger partial charge in [-0.25, -0.2) is 0 Å². The van der Waals surface area contributed by atoms with Crippen molar-refractivity contribution in [2.45, 2.75) is 95.8 Å². The highest BCUT2D eigenvalue weighted by atomic mass is 16.5. The second kappa shape index (κ2) is 6.91. The van der Waals surface area contributed by atoms with Crippen LogP contribution in [0.1, 0.15) is 78.1 Å². The third-order valence-corrected chi connectivity index (χ3v) is 4.82. The zero-order chi connectivity index (χ0) is 12.8. The monoisotopic (exact) mass is 253 g/mol. The molecule has 2 fully saturated rings. The number of hydrogen-bond acceptors (Lipinski definition) is 2. The van der Waals surface area contributed by atoms with E-state index in [4.69, 9.17) is 4.74 Å². The van der Waals surface area contributed by atoms with Gasteiger partial charge < -0.3 is 10.1 Å². The van der Waals surface area contributed by atoms with Gasteiger partial charge in [0.15, 0.2) is 0 Å². The molecule has 0 aromatic carbocycles. The van der Waals surface area contributed by atoms with E-state index < -0.39 is 0 Å². The van der Waals surface area contributed by atoms with Gasteiger partial charge in [-0.1, -0.05) is 33.1 Å². The van der Waals surface area contributed by atoms with Crippen LogP contribution in [0, 0.1) is 0 Å². The second-order valence-corrected chi connectivity index (χ2v) is 6.29. The Bertz CT molecular complexity index is 229. The summed E-state index contributed by atoms with van der Waals surface area (Å²) in [5.41, 5.74) is 0.323. The third-order valence-electron chi connectivity index (χ3n) is 4.82. The fourth-order valence-corrected chi connectivity index (χ4v) is 3.86. The molecule has 0 aromatic rings. The Morgan fingerprint density at radius 3 is 2.61 bits per heavy atom. The van der Waals surface area contributed by atoms with Gasteiger partial charge in [0.25, 0.3) is 0 Å². The van der Waals surface area contributed by atoms with Gasteiger partial charge in [0.1, 0.15) is 0 Å². The van der Waals surface area contributed by atoms with E-state index in [-0.39, 0.29) is 0 Å². The van der Waals surface area contributed by atoms with Crippen LogP contribution in [0.4, 0.5) is 0 Å². The second-order valence-electron chi connectivity index (χ2n) is 6.29. The number of nitrogens with one attached hydrogen (secondary N) is 1. The van der Waals surface area contributed by atoms with E-state index in [2.05, 4.69) is 19.2 Å². The van der Waals surface area contributed by atoms with E-state index >= 15 is 0 Å². The molecule has 18 heavy (non-hydrogen) atoms. The van der Waals surface area contributed by atoms with E-state index in [1.54, 1.807) is 0 Å². The summed E-state index contributed by atoms with van der Waals surface area (Å²) >= 11 is 0. The molecule has 1 spiro atoms. The minimum Gasteiger partial charge on any atom is -0.372 e. The van der Waals surface area contributed by atoms with E-state index in [1.165, 1.54) is 64.2 Å². The highest BCUT2D eigenvalue weighted by molar-refractivity contribution is 4.92. The highest BCUT2D eigenvalue weighted by Crippen LogP contribution is 2.44. The zero-order valence-electron chi connectivity index (χ0n) is 12.3. The lowest BCUT2D eigenvalue weighted by Gasteiger charge is -2.25. The maximum atomic E-state index is 6.39. The van der Waals surface area contributed by atoms with Gasteiger partial charge in [0.05, 0.1) is 11.7 Å². The molecule has 0 aromatic heterocycles. The van der Waals surface area contributed by atoms with Crippen LogP contribution in [-0.4, -0.2) is 24.3 Å². The van der Waals surface area contributed by atoms with Crippen LogP contribution in [0.2, 0.25) is 0 Å². The molecular weight excluding hydrogens is 222 g/mol. The molecule has 1 N–H and O–H groups in total. The van der Waals surface area contributed by atoms with Crippen molar-refractivity contribution in [1.29, 1.82) is 0 Å². The minimum atomic E-state index is 0.323. The molecule has 1 saturated carbocycles. The van der Waals surface area contributed by atoms with Crippen LogP contribution in [0.5, 0.6) is 0 Å². The summed E-state index contributed by atoms with van der Waals surface area (Å²) in [5.74, 6) is 0. The first-order valence-electron chi connectivity index (χ1n) is 8.19. The van der Waals surface area contributed by atoms with Gasteiger partial charge in [-0.05, 0) is 51.5 Å². The summed E-state index contributed by atoms with van der Waals surface area (Å²) in [6.07, 6.45) is 13.8. The summed E-state index contributed by atoms with van der Waals surface area (Å²) in [4.78, 5) is 0. The topological polar surface area (TPSA) is 21.3 Å². The molecule has 1 heterocycles. The quantitative estimate of drug-likeness (QED) is 0.739. The van der Waals surface area contributed by atoms with Crippen molar-refractivity contribution < 1.29 is 4.74 Å². The Labute approximate surface area is 113 Å². The smallest absolute Gasteiger partial charge is 0.0687 e. The predicted molar refractivity (Wildman–Crippen MR) is 76.9 cm³/mol. The van der Waals surface area contributed by atoms with Gasteiger partial charge in [0.2, 0.25) is 0 Å². The van der Waals surface area contributed by atoms with Crippen LogP contribution in [0.15, 0.2) is 0 Å². The Morgan fingerprint density at radius 2 is 1.94 bits per heavy atom. The highest BCUT2D eigenvalue weighted by Gasteiger charge is 2.41. The van der Waals surface area contributed by atoms with Gasteiger partial charge in [-0.2, -0.15) is 0 Å². The largest absolute Gasteiger partial charge is 0.372 e. The van der Waals surface area contributed by atoms with Gasteiger partial charge >= 0.3 is 0 Å². The van der Waals surface area contributed by atoms with Crippen LogP contribution in [-0.2, 0) is 4.74 Å². The molecule has 1 aliphatic carbocycles. The number of hydrogen-bond donors (Lipinski definition) is 1. The van der Waals surface area contributed by atoms with Crippen molar-refractivity contribution in [1.82, 2.24) is 5.32 Å². The minimum absolute atomic E-state index is 0.323. The zero-order valence-corrected chi connectivity index (χ0v) is 12.3. The Hall–Kier alpha value is -0.0800. The number of rotatable bonds is 7. The molecule has 2 aliphatic rings. The maximum Gasteiger partial charge on any atom is 0.0687 e. The molecule has 106 valence electrons. The summed E-state index contributed by atoms with van der Waals surface area (Å²) in [7, 11) is 0. The van der Waals surface area contributed by atoms with Crippen LogP contribution < -0.4 is 5.32 Å². The van der Waals surface area contributed by atoms with Crippen LogP contribution in [0.3, 0.4) is 0 Å². The van der Waals surface area contributed by atoms with Crippen molar-refractivity contribution in [3.8, 4) is 0 Å². The first-order chi connectivity index (χ1) is 8.78. The molecule has 2 atom stereocenters. The van der Waals surface area contributed by atoms with Gasteiger partial charge in [-0.3, -0.25) is 0 Å². The van der Waals surface area contributed by atoms with Gasteiger partial charge in [0, 0.05) is 6.04 Å². The molecule has 0 amide bonds. The molecule has 1 aliphatic heterocycles. The third kappa shape index (κ3) is 3.71. The van der Waals surface area contributed by atoms with E-state index in [9.17, 15) is 0 Å². The summed E-state index contributed by atoms with van der Waals surface area (Å²) in [6, 6.07) is 0.712. The Balaban J connectivity index is 1.70. The predicted octanol–water partition coefficient (Wildman–Crippen LogP) is 4.04. The van der Waals surface area contributed by atoms with E-state index in [0.29, 0.717) is 17.7 Å². The molecule has 0 bridgehead atoms. The van der Waals surface area contributed by atoms with Crippen molar-refractivity contribution >= 4 is 0 Å². The molecule has 2 nitrogen and oxygen atoms in total.